The maximum absolute atomic E-state index is 12.9. The number of nitrogens with one attached hydrogen (secondary N) is 2. The Morgan fingerprint density at radius 2 is 1.83 bits per heavy atom. The van der Waals surface area contributed by atoms with Crippen LogP contribution in [0.4, 0.5) is 0 Å². The molecule has 0 aliphatic rings. The van der Waals surface area contributed by atoms with Crippen LogP contribution in [0.5, 0.6) is 5.75 Å². The van der Waals surface area contributed by atoms with Gasteiger partial charge in [0.05, 0.1) is 6.10 Å². The minimum Gasteiger partial charge on any atom is -0.491 e. The lowest BCUT2D eigenvalue weighted by atomic mass is 10.2. The third-order valence-corrected chi connectivity index (χ3v) is 4.90. The van der Waals surface area contributed by atoms with Crippen molar-refractivity contribution < 1.29 is 14.3 Å². The highest BCUT2D eigenvalue weighted by Crippen LogP contribution is 2.16. The lowest BCUT2D eigenvalue weighted by molar-refractivity contribution is -0.117. The summed E-state index contributed by atoms with van der Waals surface area (Å²) in [5, 5.41) is 7.53. The van der Waals surface area contributed by atoms with Crippen LogP contribution in [-0.2, 0) is 11.3 Å². The van der Waals surface area contributed by atoms with E-state index >= 15 is 0 Å². The van der Waals surface area contributed by atoms with Crippen LogP contribution in [0.25, 0.3) is 6.08 Å². The molecule has 0 unspecified atom stereocenters. The standard InChI is InChI=1S/C24H24N2O3S/c1-17(2)29-20-11-6-8-18(14-20)16-25-24(28)22(15-21-12-7-13-30-21)26-23(27)19-9-4-3-5-10-19/h3-15,17H,16H2,1-2H3,(H,25,28)(H,26,27)/b22-15-. The molecule has 5 nitrogen and oxygen atoms in total. The molecule has 0 saturated carbocycles. The van der Waals surface area contributed by atoms with E-state index in [0.717, 1.165) is 16.2 Å². The lowest BCUT2D eigenvalue weighted by Crippen LogP contribution is -2.34. The summed E-state index contributed by atoms with van der Waals surface area (Å²) in [7, 11) is 0. The molecule has 0 aliphatic heterocycles. The lowest BCUT2D eigenvalue weighted by Gasteiger charge is -2.13. The fraction of sp³-hybridized carbons (Fsp3) is 0.167. The second kappa shape index (κ2) is 10.4. The summed E-state index contributed by atoms with van der Waals surface area (Å²) >= 11 is 1.49. The molecule has 0 saturated heterocycles. The van der Waals surface area contributed by atoms with Crippen molar-refractivity contribution in [1.82, 2.24) is 10.6 Å². The van der Waals surface area contributed by atoms with E-state index in [2.05, 4.69) is 10.6 Å². The largest absolute Gasteiger partial charge is 0.491 e. The Kier molecular flexibility index (Phi) is 7.40. The molecule has 2 aromatic carbocycles. The molecular formula is C24H24N2O3S. The number of hydrogen-bond acceptors (Lipinski definition) is 4. The highest BCUT2D eigenvalue weighted by atomic mass is 32.1. The highest BCUT2D eigenvalue weighted by molar-refractivity contribution is 7.10. The summed E-state index contributed by atoms with van der Waals surface area (Å²) < 4.78 is 5.70. The van der Waals surface area contributed by atoms with E-state index in [1.165, 1.54) is 11.3 Å². The average molecular weight is 421 g/mol. The number of benzene rings is 2. The Morgan fingerprint density at radius 1 is 1.03 bits per heavy atom. The highest BCUT2D eigenvalue weighted by Gasteiger charge is 2.15. The first kappa shape index (κ1) is 21.3. The van der Waals surface area contributed by atoms with Gasteiger partial charge in [0.25, 0.3) is 11.8 Å². The monoisotopic (exact) mass is 420 g/mol. The van der Waals surface area contributed by atoms with Crippen molar-refractivity contribution in [3.63, 3.8) is 0 Å². The van der Waals surface area contributed by atoms with Crippen molar-refractivity contribution in [2.45, 2.75) is 26.5 Å². The van der Waals surface area contributed by atoms with Gasteiger partial charge in [0.2, 0.25) is 0 Å². The number of carbonyl (C=O) groups excluding carboxylic acids is 2. The van der Waals surface area contributed by atoms with Crippen LogP contribution in [0, 0.1) is 0 Å². The summed E-state index contributed by atoms with van der Waals surface area (Å²) in [6.45, 7) is 4.24. The van der Waals surface area contributed by atoms with E-state index in [-0.39, 0.29) is 23.6 Å². The summed E-state index contributed by atoms with van der Waals surface area (Å²) in [5.41, 5.74) is 1.59. The second-order valence-electron chi connectivity index (χ2n) is 6.89. The number of thiophene rings is 1. The number of ether oxygens (including phenoxy) is 1. The first-order chi connectivity index (χ1) is 14.5. The summed E-state index contributed by atoms with van der Waals surface area (Å²) in [5.74, 6) is 0.0622. The summed E-state index contributed by atoms with van der Waals surface area (Å²) in [6, 6.07) is 20.2. The van der Waals surface area contributed by atoms with Gasteiger partial charge in [0.1, 0.15) is 11.4 Å². The fourth-order valence-corrected chi connectivity index (χ4v) is 3.39. The van der Waals surface area contributed by atoms with Crippen LogP contribution in [-0.4, -0.2) is 17.9 Å². The van der Waals surface area contributed by atoms with Gasteiger partial charge in [-0.3, -0.25) is 9.59 Å². The molecule has 1 aromatic heterocycles. The van der Waals surface area contributed by atoms with Gasteiger partial charge in [-0.05, 0) is 61.2 Å². The van der Waals surface area contributed by atoms with E-state index < -0.39 is 0 Å². The first-order valence-corrected chi connectivity index (χ1v) is 10.5. The summed E-state index contributed by atoms with van der Waals surface area (Å²) in [4.78, 5) is 26.3. The number of hydrogen-bond donors (Lipinski definition) is 2. The molecule has 3 rings (SSSR count). The molecule has 154 valence electrons. The van der Waals surface area contributed by atoms with Crippen LogP contribution in [0.3, 0.4) is 0 Å². The van der Waals surface area contributed by atoms with Gasteiger partial charge >= 0.3 is 0 Å². The van der Waals surface area contributed by atoms with E-state index in [0.29, 0.717) is 12.1 Å². The Labute approximate surface area is 180 Å². The van der Waals surface area contributed by atoms with E-state index in [4.69, 9.17) is 4.74 Å². The van der Waals surface area contributed by atoms with Crippen molar-refractivity contribution in [1.29, 1.82) is 0 Å². The molecule has 3 aromatic rings. The predicted octanol–water partition coefficient (Wildman–Crippen LogP) is 4.62. The molecule has 0 fully saturated rings. The minimum absolute atomic E-state index is 0.0726. The van der Waals surface area contributed by atoms with Gasteiger partial charge in [-0.2, -0.15) is 0 Å². The smallest absolute Gasteiger partial charge is 0.268 e. The van der Waals surface area contributed by atoms with Crippen molar-refractivity contribution in [3.05, 3.63) is 93.8 Å². The SMILES string of the molecule is CC(C)Oc1cccc(CNC(=O)/C(=C/c2cccs2)NC(=O)c2ccccc2)c1. The van der Waals surface area contributed by atoms with Crippen LogP contribution < -0.4 is 15.4 Å². The predicted molar refractivity (Wildman–Crippen MR) is 120 cm³/mol. The molecule has 2 N–H and O–H groups in total. The van der Waals surface area contributed by atoms with Crippen molar-refractivity contribution >= 4 is 29.2 Å². The van der Waals surface area contributed by atoms with Gasteiger partial charge < -0.3 is 15.4 Å². The minimum atomic E-state index is -0.358. The topological polar surface area (TPSA) is 67.4 Å². The zero-order valence-corrected chi connectivity index (χ0v) is 17.7. The van der Waals surface area contributed by atoms with E-state index in [1.54, 1.807) is 30.3 Å². The first-order valence-electron chi connectivity index (χ1n) is 9.66. The molecule has 0 spiro atoms. The Morgan fingerprint density at radius 3 is 2.53 bits per heavy atom. The Bertz CT molecular complexity index is 1010. The molecule has 0 atom stereocenters. The van der Waals surface area contributed by atoms with E-state index in [9.17, 15) is 9.59 Å². The van der Waals surface area contributed by atoms with Crippen LogP contribution in [0.15, 0.2) is 77.8 Å². The normalized spacial score (nSPS) is 11.2. The Balaban J connectivity index is 1.72. The molecule has 0 bridgehead atoms. The van der Waals surface area contributed by atoms with Gasteiger partial charge in [-0.1, -0.05) is 36.4 Å². The third kappa shape index (κ3) is 6.32. The van der Waals surface area contributed by atoms with Crippen molar-refractivity contribution in [3.8, 4) is 5.75 Å². The zero-order valence-electron chi connectivity index (χ0n) is 16.9. The average Bonchev–Trinajstić information content (AvgIpc) is 3.25. The van der Waals surface area contributed by atoms with Gasteiger partial charge in [0.15, 0.2) is 0 Å². The molecule has 0 radical (unpaired) electrons. The van der Waals surface area contributed by atoms with Crippen LogP contribution in [0.1, 0.15) is 34.6 Å². The van der Waals surface area contributed by atoms with Crippen molar-refractivity contribution in [2.24, 2.45) is 0 Å². The van der Waals surface area contributed by atoms with Crippen LogP contribution >= 0.6 is 11.3 Å². The fourth-order valence-electron chi connectivity index (χ4n) is 2.74. The maximum atomic E-state index is 12.9. The number of carbonyl (C=O) groups is 2. The summed E-state index contributed by atoms with van der Waals surface area (Å²) in [6.07, 6.45) is 1.75. The molecule has 2 amide bonds. The zero-order chi connectivity index (χ0) is 21.3. The maximum Gasteiger partial charge on any atom is 0.268 e. The number of amides is 2. The molecule has 1 heterocycles. The quantitative estimate of drug-likeness (QED) is 0.523. The third-order valence-electron chi connectivity index (χ3n) is 4.08. The van der Waals surface area contributed by atoms with Crippen molar-refractivity contribution in [2.75, 3.05) is 0 Å². The second-order valence-corrected chi connectivity index (χ2v) is 7.87. The van der Waals surface area contributed by atoms with E-state index in [1.807, 2.05) is 61.7 Å². The molecule has 30 heavy (non-hydrogen) atoms. The molecule has 6 heteroatoms. The number of rotatable bonds is 8. The van der Waals surface area contributed by atoms with Crippen LogP contribution in [0.2, 0.25) is 0 Å². The van der Waals surface area contributed by atoms with Gasteiger partial charge in [-0.15, -0.1) is 11.3 Å². The molecular weight excluding hydrogens is 396 g/mol. The van der Waals surface area contributed by atoms with Gasteiger partial charge in [-0.25, -0.2) is 0 Å². The Hall–Kier alpha value is -3.38. The molecule has 0 aliphatic carbocycles. The van der Waals surface area contributed by atoms with Gasteiger partial charge in [0, 0.05) is 17.0 Å².